The van der Waals surface area contributed by atoms with Gasteiger partial charge in [0.2, 0.25) is 0 Å². The van der Waals surface area contributed by atoms with Crippen molar-refractivity contribution in [2.24, 2.45) is 7.05 Å². The predicted molar refractivity (Wildman–Crippen MR) is 76.0 cm³/mol. The smallest absolute Gasteiger partial charge is 0.0739 e. The maximum absolute atomic E-state index is 4.62. The SMILES string of the molecule is Cc1nn(C)c(C2CCNCC2)c1-c1ccccn1. The first-order valence-corrected chi connectivity index (χ1v) is 6.93. The Morgan fingerprint density at radius 3 is 2.74 bits per heavy atom. The Morgan fingerprint density at radius 1 is 1.26 bits per heavy atom. The third-order valence-corrected chi connectivity index (χ3v) is 3.91. The minimum absolute atomic E-state index is 0.587. The fraction of sp³-hybridized carbons (Fsp3) is 0.467. The number of nitrogens with one attached hydrogen (secondary N) is 1. The second kappa shape index (κ2) is 5.13. The number of aromatic nitrogens is 3. The van der Waals surface area contributed by atoms with Gasteiger partial charge in [0, 0.05) is 24.7 Å². The normalized spacial score (nSPS) is 16.7. The maximum atomic E-state index is 4.62. The lowest BCUT2D eigenvalue weighted by molar-refractivity contribution is 0.440. The average molecular weight is 256 g/mol. The molecule has 0 aliphatic carbocycles. The molecule has 4 nitrogen and oxygen atoms in total. The molecule has 1 N–H and O–H groups in total. The van der Waals surface area contributed by atoms with E-state index in [1.807, 2.05) is 18.3 Å². The summed E-state index contributed by atoms with van der Waals surface area (Å²) < 4.78 is 2.05. The van der Waals surface area contributed by atoms with Gasteiger partial charge in [0.15, 0.2) is 0 Å². The van der Waals surface area contributed by atoms with Crippen molar-refractivity contribution in [2.45, 2.75) is 25.7 Å². The maximum Gasteiger partial charge on any atom is 0.0739 e. The van der Waals surface area contributed by atoms with E-state index in [0.29, 0.717) is 5.92 Å². The highest BCUT2D eigenvalue weighted by atomic mass is 15.3. The van der Waals surface area contributed by atoms with E-state index in [2.05, 4.69) is 40.1 Å². The van der Waals surface area contributed by atoms with Crippen LogP contribution in [0.4, 0.5) is 0 Å². The van der Waals surface area contributed by atoms with Crippen LogP contribution >= 0.6 is 0 Å². The van der Waals surface area contributed by atoms with Gasteiger partial charge >= 0.3 is 0 Å². The molecule has 0 unspecified atom stereocenters. The standard InChI is InChI=1S/C15H20N4/c1-11-14(13-5-3-4-8-17-13)15(19(2)18-11)12-6-9-16-10-7-12/h3-5,8,12,16H,6-7,9-10H2,1-2H3. The van der Waals surface area contributed by atoms with Gasteiger partial charge in [-0.25, -0.2) is 0 Å². The van der Waals surface area contributed by atoms with Crippen LogP contribution in [0, 0.1) is 6.92 Å². The van der Waals surface area contributed by atoms with E-state index >= 15 is 0 Å². The molecule has 1 aliphatic rings. The summed E-state index contributed by atoms with van der Waals surface area (Å²) in [6.45, 7) is 4.27. The molecule has 2 aromatic rings. The molecular formula is C15H20N4. The summed E-state index contributed by atoms with van der Waals surface area (Å²) in [7, 11) is 2.05. The third kappa shape index (κ3) is 2.28. The van der Waals surface area contributed by atoms with Crippen LogP contribution in [0.3, 0.4) is 0 Å². The second-order valence-electron chi connectivity index (χ2n) is 5.21. The first-order valence-electron chi connectivity index (χ1n) is 6.93. The average Bonchev–Trinajstić information content (AvgIpc) is 2.75. The summed E-state index contributed by atoms with van der Waals surface area (Å²) >= 11 is 0. The lowest BCUT2D eigenvalue weighted by Crippen LogP contribution is -2.27. The number of hydrogen-bond donors (Lipinski definition) is 1. The molecule has 0 spiro atoms. The van der Waals surface area contributed by atoms with E-state index in [-0.39, 0.29) is 0 Å². The Hall–Kier alpha value is -1.68. The Labute approximate surface area is 113 Å². The Kier molecular flexibility index (Phi) is 3.34. The van der Waals surface area contributed by atoms with Crippen molar-refractivity contribution in [1.29, 1.82) is 0 Å². The monoisotopic (exact) mass is 256 g/mol. The summed E-state index contributed by atoms with van der Waals surface area (Å²) in [6.07, 6.45) is 4.21. The van der Waals surface area contributed by atoms with Crippen molar-refractivity contribution < 1.29 is 0 Å². The molecule has 0 bridgehead atoms. The van der Waals surface area contributed by atoms with Crippen molar-refractivity contribution in [3.8, 4) is 11.3 Å². The highest BCUT2D eigenvalue weighted by Crippen LogP contribution is 2.34. The van der Waals surface area contributed by atoms with Crippen LogP contribution in [0.2, 0.25) is 0 Å². The first kappa shape index (κ1) is 12.4. The van der Waals surface area contributed by atoms with E-state index in [1.165, 1.54) is 24.1 Å². The Morgan fingerprint density at radius 2 is 2.05 bits per heavy atom. The molecule has 1 aliphatic heterocycles. The molecular weight excluding hydrogens is 236 g/mol. The van der Waals surface area contributed by atoms with Crippen LogP contribution in [0.1, 0.15) is 30.1 Å². The van der Waals surface area contributed by atoms with Crippen molar-refractivity contribution in [3.63, 3.8) is 0 Å². The Balaban J connectivity index is 2.08. The van der Waals surface area contributed by atoms with E-state index in [9.17, 15) is 0 Å². The van der Waals surface area contributed by atoms with E-state index in [1.54, 1.807) is 0 Å². The number of pyridine rings is 1. The zero-order chi connectivity index (χ0) is 13.2. The molecule has 0 radical (unpaired) electrons. The molecule has 2 aromatic heterocycles. The molecule has 3 rings (SSSR count). The van der Waals surface area contributed by atoms with Crippen LogP contribution < -0.4 is 5.32 Å². The van der Waals surface area contributed by atoms with Crippen molar-refractivity contribution in [3.05, 3.63) is 35.8 Å². The van der Waals surface area contributed by atoms with Crippen LogP contribution in [0.15, 0.2) is 24.4 Å². The fourth-order valence-corrected chi connectivity index (χ4v) is 3.07. The van der Waals surface area contributed by atoms with Gasteiger partial charge in [0.25, 0.3) is 0 Å². The van der Waals surface area contributed by atoms with Crippen LogP contribution in [0.5, 0.6) is 0 Å². The molecule has 1 saturated heterocycles. The summed E-state index contributed by atoms with van der Waals surface area (Å²) in [5.74, 6) is 0.587. The van der Waals surface area contributed by atoms with Gasteiger partial charge < -0.3 is 5.32 Å². The van der Waals surface area contributed by atoms with Gasteiger partial charge in [-0.15, -0.1) is 0 Å². The number of hydrogen-bond acceptors (Lipinski definition) is 3. The highest BCUT2D eigenvalue weighted by Gasteiger charge is 2.25. The zero-order valence-electron chi connectivity index (χ0n) is 11.6. The minimum Gasteiger partial charge on any atom is -0.317 e. The largest absolute Gasteiger partial charge is 0.317 e. The predicted octanol–water partition coefficient (Wildman–Crippen LogP) is 2.26. The van der Waals surface area contributed by atoms with Crippen LogP contribution in [0.25, 0.3) is 11.3 Å². The van der Waals surface area contributed by atoms with Gasteiger partial charge in [-0.05, 0) is 45.0 Å². The van der Waals surface area contributed by atoms with Gasteiger partial charge in [-0.3, -0.25) is 9.67 Å². The number of rotatable bonds is 2. The molecule has 19 heavy (non-hydrogen) atoms. The Bertz CT molecular complexity index is 553. The minimum atomic E-state index is 0.587. The van der Waals surface area contributed by atoms with E-state index in [0.717, 1.165) is 24.5 Å². The van der Waals surface area contributed by atoms with Gasteiger partial charge in [0.1, 0.15) is 0 Å². The molecule has 4 heteroatoms. The van der Waals surface area contributed by atoms with Crippen LogP contribution in [-0.2, 0) is 7.05 Å². The third-order valence-electron chi connectivity index (χ3n) is 3.91. The molecule has 0 aromatic carbocycles. The highest BCUT2D eigenvalue weighted by molar-refractivity contribution is 5.65. The first-order chi connectivity index (χ1) is 9.27. The zero-order valence-corrected chi connectivity index (χ0v) is 11.6. The number of piperidine rings is 1. The summed E-state index contributed by atoms with van der Waals surface area (Å²) in [4.78, 5) is 4.51. The summed E-state index contributed by atoms with van der Waals surface area (Å²) in [5.41, 5.74) is 4.70. The van der Waals surface area contributed by atoms with E-state index in [4.69, 9.17) is 0 Å². The molecule has 100 valence electrons. The van der Waals surface area contributed by atoms with Crippen molar-refractivity contribution >= 4 is 0 Å². The molecule has 3 heterocycles. The quantitative estimate of drug-likeness (QED) is 0.896. The molecule has 0 amide bonds. The van der Waals surface area contributed by atoms with Crippen molar-refractivity contribution in [2.75, 3.05) is 13.1 Å². The van der Waals surface area contributed by atoms with Gasteiger partial charge in [-0.1, -0.05) is 6.07 Å². The fourth-order valence-electron chi connectivity index (χ4n) is 3.07. The molecule has 0 atom stereocenters. The number of nitrogens with zero attached hydrogens (tertiary/aromatic N) is 3. The lowest BCUT2D eigenvalue weighted by atomic mass is 9.90. The van der Waals surface area contributed by atoms with Gasteiger partial charge in [-0.2, -0.15) is 5.10 Å². The topological polar surface area (TPSA) is 42.7 Å². The molecule has 0 saturated carbocycles. The van der Waals surface area contributed by atoms with Crippen molar-refractivity contribution in [1.82, 2.24) is 20.1 Å². The summed E-state index contributed by atoms with van der Waals surface area (Å²) in [5, 5.41) is 8.04. The lowest BCUT2D eigenvalue weighted by Gasteiger charge is -2.24. The van der Waals surface area contributed by atoms with Gasteiger partial charge in [0.05, 0.1) is 17.1 Å². The van der Waals surface area contributed by atoms with Crippen LogP contribution in [-0.4, -0.2) is 27.9 Å². The van der Waals surface area contributed by atoms with E-state index < -0.39 is 0 Å². The molecule has 1 fully saturated rings. The number of aryl methyl sites for hydroxylation is 2. The second-order valence-corrected chi connectivity index (χ2v) is 5.21. The summed E-state index contributed by atoms with van der Waals surface area (Å²) in [6, 6.07) is 6.08.